The van der Waals surface area contributed by atoms with E-state index >= 15 is 0 Å². The van der Waals surface area contributed by atoms with Gasteiger partial charge in [0.15, 0.2) is 17.5 Å². The highest BCUT2D eigenvalue weighted by atomic mass is 32.1. The summed E-state index contributed by atoms with van der Waals surface area (Å²) in [6.07, 6.45) is 0. The summed E-state index contributed by atoms with van der Waals surface area (Å²) in [5.74, 6) is 2.00. The summed E-state index contributed by atoms with van der Waals surface area (Å²) in [5, 5.41) is 7.01. The highest BCUT2D eigenvalue weighted by Gasteiger charge is 2.18. The molecule has 9 rings (SSSR count). The quantitative estimate of drug-likeness (QED) is 0.204. The number of thiophene rings is 1. The minimum absolute atomic E-state index is 0.662. The van der Waals surface area contributed by atoms with Gasteiger partial charge in [-0.1, -0.05) is 127 Å². The molecule has 0 aliphatic rings. The molecule has 0 bridgehead atoms. The molecule has 2 heterocycles. The van der Waals surface area contributed by atoms with E-state index in [-0.39, 0.29) is 0 Å². The number of aromatic nitrogens is 3. The van der Waals surface area contributed by atoms with Crippen LogP contribution >= 0.6 is 11.3 Å². The predicted molar refractivity (Wildman–Crippen MR) is 189 cm³/mol. The maximum atomic E-state index is 5.21. The fourth-order valence-electron chi connectivity index (χ4n) is 6.32. The number of rotatable bonds is 4. The fraction of sp³-hybridized carbons (Fsp3) is 0. The second-order valence-electron chi connectivity index (χ2n) is 11.3. The molecule has 0 N–H and O–H groups in total. The van der Waals surface area contributed by atoms with Gasteiger partial charge in [-0.25, -0.2) is 15.0 Å². The third-order valence-corrected chi connectivity index (χ3v) is 9.65. The number of benzene rings is 7. The lowest BCUT2D eigenvalue weighted by Gasteiger charge is -2.12. The molecule has 9 aromatic rings. The lowest BCUT2D eigenvalue weighted by atomic mass is 9.98. The first kappa shape index (κ1) is 25.8. The molecule has 0 saturated carbocycles. The zero-order valence-electron chi connectivity index (χ0n) is 24.2. The zero-order chi connectivity index (χ0) is 29.7. The van der Waals surface area contributed by atoms with E-state index in [2.05, 4.69) is 146 Å². The van der Waals surface area contributed by atoms with Crippen molar-refractivity contribution in [2.75, 3.05) is 0 Å². The Labute approximate surface area is 264 Å². The van der Waals surface area contributed by atoms with E-state index in [0.29, 0.717) is 17.5 Å². The molecule has 3 nitrogen and oxygen atoms in total. The van der Waals surface area contributed by atoms with Crippen LogP contribution in [0.5, 0.6) is 0 Å². The maximum absolute atomic E-state index is 5.21. The number of hydrogen-bond acceptors (Lipinski definition) is 4. The van der Waals surface area contributed by atoms with Crippen LogP contribution in [0.15, 0.2) is 152 Å². The van der Waals surface area contributed by atoms with Crippen LogP contribution in [0.25, 0.3) is 87.0 Å². The van der Waals surface area contributed by atoms with Gasteiger partial charge < -0.3 is 0 Å². The summed E-state index contributed by atoms with van der Waals surface area (Å²) in [6.45, 7) is 0. The van der Waals surface area contributed by atoms with Crippen molar-refractivity contribution in [3.8, 4) is 45.3 Å². The molecule has 0 saturated heterocycles. The lowest BCUT2D eigenvalue weighted by Crippen LogP contribution is -2.01. The summed E-state index contributed by atoms with van der Waals surface area (Å²) < 4.78 is 2.48. The van der Waals surface area contributed by atoms with E-state index in [0.717, 1.165) is 32.8 Å². The van der Waals surface area contributed by atoms with E-state index in [4.69, 9.17) is 15.0 Å². The average molecular weight is 592 g/mol. The third-order valence-electron chi connectivity index (χ3n) is 8.51. The van der Waals surface area contributed by atoms with Crippen LogP contribution in [0.4, 0.5) is 0 Å². The molecule has 210 valence electrons. The molecule has 0 fully saturated rings. The van der Waals surface area contributed by atoms with Gasteiger partial charge in [-0.05, 0) is 56.9 Å². The van der Waals surface area contributed by atoms with Crippen LogP contribution in [-0.4, -0.2) is 15.0 Å². The van der Waals surface area contributed by atoms with Crippen LogP contribution in [0, 0.1) is 0 Å². The van der Waals surface area contributed by atoms with Crippen LogP contribution in [0.2, 0.25) is 0 Å². The van der Waals surface area contributed by atoms with Gasteiger partial charge >= 0.3 is 0 Å². The molecule has 45 heavy (non-hydrogen) atoms. The van der Waals surface area contributed by atoms with Crippen molar-refractivity contribution < 1.29 is 0 Å². The van der Waals surface area contributed by atoms with Crippen molar-refractivity contribution in [2.24, 2.45) is 0 Å². The van der Waals surface area contributed by atoms with Crippen LogP contribution in [0.3, 0.4) is 0 Å². The standard InChI is InChI=1S/C41H25N3S/c1-2-10-26(11-3-1)29-22-23-32-30(24-29)14-8-16-33(32)40-42-39(31-21-20-27-12-4-5-13-28(27)25-31)43-41(44-40)35-17-9-19-37-38(35)34-15-6-7-18-36(34)45-37/h1-25H. The van der Waals surface area contributed by atoms with Gasteiger partial charge in [0.05, 0.1) is 0 Å². The smallest absolute Gasteiger partial charge is 0.164 e. The van der Waals surface area contributed by atoms with Gasteiger partial charge in [0.1, 0.15) is 0 Å². The first-order valence-electron chi connectivity index (χ1n) is 15.0. The zero-order valence-corrected chi connectivity index (χ0v) is 25.0. The highest BCUT2D eigenvalue weighted by molar-refractivity contribution is 7.25. The fourth-order valence-corrected chi connectivity index (χ4v) is 7.46. The van der Waals surface area contributed by atoms with Gasteiger partial charge in [0.2, 0.25) is 0 Å². The van der Waals surface area contributed by atoms with E-state index in [1.165, 1.54) is 36.7 Å². The molecule has 4 heteroatoms. The van der Waals surface area contributed by atoms with Gasteiger partial charge in [-0.3, -0.25) is 0 Å². The lowest BCUT2D eigenvalue weighted by molar-refractivity contribution is 1.08. The Balaban J connectivity index is 1.29. The number of hydrogen-bond donors (Lipinski definition) is 0. The highest BCUT2D eigenvalue weighted by Crippen LogP contribution is 2.40. The molecule has 0 aliphatic carbocycles. The van der Waals surface area contributed by atoms with E-state index in [1.54, 1.807) is 11.3 Å². The second-order valence-corrected chi connectivity index (χ2v) is 12.3. The molecular formula is C41H25N3S. The van der Waals surface area contributed by atoms with E-state index < -0.39 is 0 Å². The summed E-state index contributed by atoms with van der Waals surface area (Å²) in [6, 6.07) is 53.3. The van der Waals surface area contributed by atoms with Gasteiger partial charge in [0, 0.05) is 36.9 Å². The normalized spacial score (nSPS) is 11.6. The van der Waals surface area contributed by atoms with Crippen LogP contribution in [-0.2, 0) is 0 Å². The molecule has 2 aromatic heterocycles. The predicted octanol–water partition coefficient (Wildman–Crippen LogP) is 11.2. The summed E-state index contributed by atoms with van der Waals surface area (Å²) in [7, 11) is 0. The molecule has 0 atom stereocenters. The Morgan fingerprint density at radius 1 is 0.356 bits per heavy atom. The van der Waals surface area contributed by atoms with Gasteiger partial charge in [-0.15, -0.1) is 11.3 Å². The SMILES string of the molecule is c1ccc(-c2ccc3c(-c4nc(-c5ccc6ccccc6c5)nc(-c5cccc6sc7ccccc7c56)n4)cccc3c2)cc1. The first-order valence-corrected chi connectivity index (χ1v) is 15.8. The van der Waals surface area contributed by atoms with E-state index in [9.17, 15) is 0 Å². The topological polar surface area (TPSA) is 38.7 Å². The Hall–Kier alpha value is -5.71. The van der Waals surface area contributed by atoms with Crippen molar-refractivity contribution in [1.82, 2.24) is 15.0 Å². The van der Waals surface area contributed by atoms with Gasteiger partial charge in [-0.2, -0.15) is 0 Å². The third kappa shape index (κ3) is 4.46. The molecule has 0 spiro atoms. The molecule has 0 amide bonds. The Morgan fingerprint density at radius 2 is 1.00 bits per heavy atom. The van der Waals surface area contributed by atoms with Crippen LogP contribution in [0.1, 0.15) is 0 Å². The van der Waals surface area contributed by atoms with Crippen molar-refractivity contribution in [3.05, 3.63) is 152 Å². The van der Waals surface area contributed by atoms with E-state index in [1.807, 2.05) is 6.07 Å². The Morgan fingerprint density at radius 3 is 1.91 bits per heavy atom. The molecule has 7 aromatic carbocycles. The molecule has 0 radical (unpaired) electrons. The van der Waals surface area contributed by atoms with Crippen LogP contribution < -0.4 is 0 Å². The number of fused-ring (bicyclic) bond motifs is 5. The molecular weight excluding hydrogens is 567 g/mol. The molecule has 0 unspecified atom stereocenters. The number of nitrogens with zero attached hydrogens (tertiary/aromatic N) is 3. The van der Waals surface area contributed by atoms with Crippen molar-refractivity contribution in [1.29, 1.82) is 0 Å². The largest absolute Gasteiger partial charge is 0.208 e. The average Bonchev–Trinajstić information content (AvgIpc) is 3.50. The molecule has 0 aliphatic heterocycles. The monoisotopic (exact) mass is 591 g/mol. The minimum atomic E-state index is 0.662. The summed E-state index contributed by atoms with van der Waals surface area (Å²) in [5.41, 5.74) is 5.35. The summed E-state index contributed by atoms with van der Waals surface area (Å²) in [4.78, 5) is 15.5. The minimum Gasteiger partial charge on any atom is -0.208 e. The van der Waals surface area contributed by atoms with Crippen molar-refractivity contribution >= 4 is 53.1 Å². The Kier molecular flexibility index (Phi) is 6.00. The van der Waals surface area contributed by atoms with Gasteiger partial charge in [0.25, 0.3) is 0 Å². The second kappa shape index (κ2) is 10.5. The van der Waals surface area contributed by atoms with Crippen molar-refractivity contribution in [2.45, 2.75) is 0 Å². The maximum Gasteiger partial charge on any atom is 0.164 e. The van der Waals surface area contributed by atoms with Crippen molar-refractivity contribution in [3.63, 3.8) is 0 Å². The first-order chi connectivity index (χ1) is 22.3. The Bertz CT molecular complexity index is 2550. The summed E-state index contributed by atoms with van der Waals surface area (Å²) >= 11 is 1.80.